The Morgan fingerprint density at radius 1 is 1.19 bits per heavy atom. The lowest BCUT2D eigenvalue weighted by atomic mass is 9.85. The molecule has 5 rings (SSSR count). The molecule has 2 aliphatic heterocycles. The number of fused-ring (bicyclic) bond motifs is 3. The zero-order valence-corrected chi connectivity index (χ0v) is 14.3. The molecule has 1 aliphatic carbocycles. The van der Waals surface area contributed by atoms with Crippen LogP contribution in [0.25, 0.3) is 0 Å². The third kappa shape index (κ3) is 2.28. The molecule has 8 heteroatoms. The Balaban J connectivity index is 1.44. The molecule has 0 unspecified atom stereocenters. The number of aromatic nitrogens is 3. The van der Waals surface area contributed by atoms with Crippen molar-refractivity contribution in [3.63, 3.8) is 0 Å². The molecule has 4 heterocycles. The molecule has 2 aromatic heterocycles. The van der Waals surface area contributed by atoms with Crippen molar-refractivity contribution in [1.29, 1.82) is 0 Å². The summed E-state index contributed by atoms with van der Waals surface area (Å²) in [4.78, 5) is 39.2. The Kier molecular flexibility index (Phi) is 3.41. The van der Waals surface area contributed by atoms with Gasteiger partial charge in [0.05, 0.1) is 11.8 Å². The van der Waals surface area contributed by atoms with E-state index >= 15 is 0 Å². The Hall–Kier alpha value is -2.64. The lowest BCUT2D eigenvalue weighted by Crippen LogP contribution is -2.45. The van der Waals surface area contributed by atoms with Crippen molar-refractivity contribution in [3.8, 4) is 0 Å². The van der Waals surface area contributed by atoms with Crippen LogP contribution in [0.3, 0.4) is 0 Å². The summed E-state index contributed by atoms with van der Waals surface area (Å²) in [7, 11) is 0. The van der Waals surface area contributed by atoms with Crippen molar-refractivity contribution in [2.24, 2.45) is 11.8 Å². The fraction of sp³-hybridized carbons (Fsp3) is 0.556. The van der Waals surface area contributed by atoms with E-state index in [1.165, 1.54) is 28.2 Å². The van der Waals surface area contributed by atoms with Crippen LogP contribution in [0.2, 0.25) is 0 Å². The highest BCUT2D eigenvalue weighted by atomic mass is 16.3. The average molecular weight is 356 g/mol. The Bertz CT molecular complexity index is 970. The van der Waals surface area contributed by atoms with E-state index in [0.29, 0.717) is 43.5 Å². The molecule has 0 radical (unpaired) electrons. The summed E-state index contributed by atoms with van der Waals surface area (Å²) in [6.07, 6.45) is 6.29. The normalized spacial score (nSPS) is 24.4. The van der Waals surface area contributed by atoms with Gasteiger partial charge in [-0.3, -0.25) is 19.0 Å². The molecule has 2 atom stereocenters. The SMILES string of the molecule is O=C(c1ccoc1)N1C[C@@H]2Cn3c(nn(CC4CCC4)c(=O)c3=O)[C@H]2C1. The van der Waals surface area contributed by atoms with E-state index in [1.54, 1.807) is 11.0 Å². The number of nitrogens with zero attached hydrogens (tertiary/aromatic N) is 4. The van der Waals surface area contributed by atoms with Crippen molar-refractivity contribution in [2.75, 3.05) is 13.1 Å². The number of hydrogen-bond donors (Lipinski definition) is 0. The molecule has 1 saturated carbocycles. The Labute approximate surface area is 149 Å². The molecule has 3 aliphatic rings. The topological polar surface area (TPSA) is 90.3 Å². The van der Waals surface area contributed by atoms with Crippen molar-refractivity contribution in [2.45, 2.75) is 38.3 Å². The number of hydrogen-bond acceptors (Lipinski definition) is 5. The molecule has 1 amide bonds. The van der Waals surface area contributed by atoms with E-state index in [4.69, 9.17) is 4.42 Å². The molecule has 2 fully saturated rings. The molecule has 0 bridgehead atoms. The second-order valence-electron chi connectivity index (χ2n) is 7.65. The summed E-state index contributed by atoms with van der Waals surface area (Å²) in [5.74, 6) is 1.17. The van der Waals surface area contributed by atoms with Crippen LogP contribution in [0.15, 0.2) is 32.6 Å². The van der Waals surface area contributed by atoms with Crippen molar-refractivity contribution >= 4 is 5.91 Å². The van der Waals surface area contributed by atoms with Gasteiger partial charge >= 0.3 is 11.1 Å². The van der Waals surface area contributed by atoms with E-state index in [9.17, 15) is 14.4 Å². The van der Waals surface area contributed by atoms with Crippen molar-refractivity contribution in [1.82, 2.24) is 19.2 Å². The monoisotopic (exact) mass is 356 g/mol. The quantitative estimate of drug-likeness (QED) is 0.754. The van der Waals surface area contributed by atoms with Gasteiger partial charge in [-0.15, -0.1) is 0 Å². The molecule has 2 aromatic rings. The van der Waals surface area contributed by atoms with Crippen LogP contribution in [0.5, 0.6) is 0 Å². The van der Waals surface area contributed by atoms with Crippen LogP contribution in [-0.2, 0) is 13.1 Å². The van der Waals surface area contributed by atoms with E-state index in [1.807, 2.05) is 0 Å². The van der Waals surface area contributed by atoms with Gasteiger partial charge in [-0.05, 0) is 24.8 Å². The lowest BCUT2D eigenvalue weighted by molar-refractivity contribution is 0.0782. The highest BCUT2D eigenvalue weighted by Crippen LogP contribution is 2.37. The summed E-state index contributed by atoms with van der Waals surface area (Å²) < 4.78 is 7.88. The van der Waals surface area contributed by atoms with Gasteiger partial charge in [0, 0.05) is 38.0 Å². The summed E-state index contributed by atoms with van der Waals surface area (Å²) in [6, 6.07) is 1.66. The lowest BCUT2D eigenvalue weighted by Gasteiger charge is -2.25. The van der Waals surface area contributed by atoms with Gasteiger partial charge in [0.2, 0.25) is 0 Å². The summed E-state index contributed by atoms with van der Waals surface area (Å²) >= 11 is 0. The highest BCUT2D eigenvalue weighted by molar-refractivity contribution is 5.94. The van der Waals surface area contributed by atoms with Crippen LogP contribution >= 0.6 is 0 Å². The van der Waals surface area contributed by atoms with Gasteiger partial charge in [-0.25, -0.2) is 4.68 Å². The minimum atomic E-state index is -0.521. The van der Waals surface area contributed by atoms with Gasteiger partial charge in [-0.1, -0.05) is 6.42 Å². The maximum atomic E-state index is 12.6. The Morgan fingerprint density at radius 3 is 2.73 bits per heavy atom. The zero-order valence-electron chi connectivity index (χ0n) is 14.3. The number of carbonyl (C=O) groups excluding carboxylic acids is 1. The van der Waals surface area contributed by atoms with Gasteiger partial charge in [0.25, 0.3) is 5.91 Å². The summed E-state index contributed by atoms with van der Waals surface area (Å²) in [6.45, 7) is 2.06. The smallest absolute Gasteiger partial charge is 0.332 e. The first kappa shape index (κ1) is 15.6. The number of likely N-dealkylation sites (tertiary alicyclic amines) is 1. The van der Waals surface area contributed by atoms with Crippen molar-refractivity contribution in [3.05, 3.63) is 50.7 Å². The minimum absolute atomic E-state index is 0.00629. The highest BCUT2D eigenvalue weighted by Gasteiger charge is 2.44. The maximum Gasteiger partial charge on any atom is 0.332 e. The van der Waals surface area contributed by atoms with Crippen LogP contribution in [0, 0.1) is 11.8 Å². The molecule has 136 valence electrons. The van der Waals surface area contributed by atoms with E-state index in [0.717, 1.165) is 12.8 Å². The summed E-state index contributed by atoms with van der Waals surface area (Å²) in [5, 5.41) is 4.55. The van der Waals surface area contributed by atoms with Crippen molar-refractivity contribution < 1.29 is 9.21 Å². The fourth-order valence-electron chi connectivity index (χ4n) is 4.37. The molecular weight excluding hydrogens is 336 g/mol. The van der Waals surface area contributed by atoms with Crippen LogP contribution in [0.1, 0.15) is 41.4 Å². The second-order valence-corrected chi connectivity index (χ2v) is 7.65. The molecule has 0 spiro atoms. The average Bonchev–Trinajstić information content (AvgIpc) is 3.30. The first-order chi connectivity index (χ1) is 12.6. The first-order valence-electron chi connectivity index (χ1n) is 9.15. The van der Waals surface area contributed by atoms with Crippen LogP contribution in [0.4, 0.5) is 0 Å². The molecule has 8 nitrogen and oxygen atoms in total. The largest absolute Gasteiger partial charge is 0.472 e. The second kappa shape index (κ2) is 5.69. The van der Waals surface area contributed by atoms with Gasteiger partial charge in [-0.2, -0.15) is 5.10 Å². The van der Waals surface area contributed by atoms with E-state index in [2.05, 4.69) is 5.10 Å². The standard InChI is InChI=1S/C18H20N4O4/c23-16(12-4-5-26-10-12)20-7-13-8-21-15(14(13)9-20)19-22(18(25)17(21)24)6-11-2-1-3-11/h4-5,10-11,13-14H,1-3,6-9H2/t13-,14+/m1/s1. The molecule has 0 N–H and O–H groups in total. The minimum Gasteiger partial charge on any atom is -0.472 e. The molecular formula is C18H20N4O4. The third-order valence-electron chi connectivity index (χ3n) is 6.06. The molecule has 0 aromatic carbocycles. The van der Waals surface area contributed by atoms with Crippen LogP contribution in [-0.4, -0.2) is 38.2 Å². The fourth-order valence-corrected chi connectivity index (χ4v) is 4.37. The van der Waals surface area contributed by atoms with Gasteiger partial charge < -0.3 is 9.32 Å². The summed E-state index contributed by atoms with van der Waals surface area (Å²) in [5.41, 5.74) is -0.464. The van der Waals surface area contributed by atoms with E-state index in [-0.39, 0.29) is 17.7 Å². The third-order valence-corrected chi connectivity index (χ3v) is 6.06. The number of rotatable bonds is 3. The van der Waals surface area contributed by atoms with Gasteiger partial charge in [0.1, 0.15) is 12.1 Å². The van der Waals surface area contributed by atoms with Crippen LogP contribution < -0.4 is 11.1 Å². The number of carbonyl (C=O) groups is 1. The molecule has 1 saturated heterocycles. The number of furan rings is 1. The first-order valence-corrected chi connectivity index (χ1v) is 9.15. The number of amides is 1. The molecule has 26 heavy (non-hydrogen) atoms. The van der Waals surface area contributed by atoms with Gasteiger partial charge in [0.15, 0.2) is 0 Å². The predicted octanol–water partition coefficient (Wildman–Crippen LogP) is 0.667. The van der Waals surface area contributed by atoms with E-state index < -0.39 is 11.1 Å². The Morgan fingerprint density at radius 2 is 2.04 bits per heavy atom. The zero-order chi connectivity index (χ0) is 17.8. The maximum absolute atomic E-state index is 12.6. The predicted molar refractivity (Wildman–Crippen MR) is 90.9 cm³/mol.